The van der Waals surface area contributed by atoms with Crippen molar-refractivity contribution in [2.75, 3.05) is 6.54 Å². The van der Waals surface area contributed by atoms with Gasteiger partial charge in [0.1, 0.15) is 0 Å². The SMILES string of the molecule is CCc1cccc2c(CCNC(=O)c3cncc(Br)c3)c[nH]c12. The number of pyridine rings is 1. The number of aryl methyl sites for hydroxylation is 1. The summed E-state index contributed by atoms with van der Waals surface area (Å²) in [5.74, 6) is -0.104. The van der Waals surface area contributed by atoms with E-state index in [9.17, 15) is 4.79 Å². The van der Waals surface area contributed by atoms with Gasteiger partial charge >= 0.3 is 0 Å². The van der Waals surface area contributed by atoms with E-state index < -0.39 is 0 Å². The lowest BCUT2D eigenvalue weighted by molar-refractivity contribution is 0.0953. The Morgan fingerprint density at radius 2 is 2.17 bits per heavy atom. The third kappa shape index (κ3) is 3.45. The number of rotatable bonds is 5. The lowest BCUT2D eigenvalue weighted by Crippen LogP contribution is -2.25. The van der Waals surface area contributed by atoms with Crippen LogP contribution in [0.15, 0.2) is 47.3 Å². The third-order valence-electron chi connectivity index (χ3n) is 3.92. The number of carbonyl (C=O) groups is 1. The number of amides is 1. The predicted molar refractivity (Wildman–Crippen MR) is 95.7 cm³/mol. The average Bonchev–Trinajstić information content (AvgIpc) is 2.98. The zero-order chi connectivity index (χ0) is 16.2. The largest absolute Gasteiger partial charge is 0.361 e. The summed E-state index contributed by atoms with van der Waals surface area (Å²) in [5.41, 5.74) is 4.31. The molecule has 3 rings (SSSR count). The van der Waals surface area contributed by atoms with Crippen LogP contribution in [0.1, 0.15) is 28.4 Å². The second kappa shape index (κ2) is 6.96. The van der Waals surface area contributed by atoms with Crippen LogP contribution in [0.5, 0.6) is 0 Å². The fourth-order valence-corrected chi connectivity index (χ4v) is 3.09. The van der Waals surface area contributed by atoms with Gasteiger partial charge in [-0.25, -0.2) is 0 Å². The lowest BCUT2D eigenvalue weighted by Gasteiger charge is -2.05. The first-order valence-corrected chi connectivity index (χ1v) is 8.45. The first-order chi connectivity index (χ1) is 11.2. The van der Waals surface area contributed by atoms with Crippen LogP contribution in [-0.4, -0.2) is 22.4 Å². The maximum absolute atomic E-state index is 12.1. The number of hydrogen-bond donors (Lipinski definition) is 2. The Hall–Kier alpha value is -2.14. The molecule has 0 bridgehead atoms. The van der Waals surface area contributed by atoms with Gasteiger partial charge in [-0.05, 0) is 46.0 Å². The van der Waals surface area contributed by atoms with Gasteiger partial charge in [-0.1, -0.05) is 25.1 Å². The molecule has 3 aromatic rings. The van der Waals surface area contributed by atoms with Crippen molar-refractivity contribution in [3.63, 3.8) is 0 Å². The van der Waals surface area contributed by atoms with Crippen LogP contribution >= 0.6 is 15.9 Å². The molecule has 1 aromatic carbocycles. The Balaban J connectivity index is 1.66. The molecule has 0 radical (unpaired) electrons. The highest BCUT2D eigenvalue weighted by Crippen LogP contribution is 2.22. The van der Waals surface area contributed by atoms with Crippen molar-refractivity contribution in [2.45, 2.75) is 19.8 Å². The lowest BCUT2D eigenvalue weighted by atomic mass is 10.1. The van der Waals surface area contributed by atoms with Gasteiger partial charge in [0.25, 0.3) is 5.91 Å². The van der Waals surface area contributed by atoms with Crippen molar-refractivity contribution in [3.8, 4) is 0 Å². The molecule has 118 valence electrons. The van der Waals surface area contributed by atoms with Gasteiger partial charge in [-0.3, -0.25) is 9.78 Å². The second-order valence-electron chi connectivity index (χ2n) is 5.40. The van der Waals surface area contributed by atoms with Gasteiger partial charge in [0.15, 0.2) is 0 Å². The summed E-state index contributed by atoms with van der Waals surface area (Å²) in [6, 6.07) is 8.12. The molecule has 0 saturated heterocycles. The number of aromatic amines is 1. The number of fused-ring (bicyclic) bond motifs is 1. The minimum atomic E-state index is -0.104. The zero-order valence-corrected chi connectivity index (χ0v) is 14.5. The Bertz CT molecular complexity index is 841. The van der Waals surface area contributed by atoms with Gasteiger partial charge in [0.2, 0.25) is 0 Å². The number of hydrogen-bond acceptors (Lipinski definition) is 2. The van der Waals surface area contributed by atoms with Crippen LogP contribution in [-0.2, 0) is 12.8 Å². The highest BCUT2D eigenvalue weighted by Gasteiger charge is 2.09. The normalized spacial score (nSPS) is 10.9. The van der Waals surface area contributed by atoms with E-state index in [1.165, 1.54) is 22.0 Å². The van der Waals surface area contributed by atoms with Crippen molar-refractivity contribution in [3.05, 3.63) is 64.0 Å². The molecular formula is C18H18BrN3O. The number of nitrogens with zero attached hydrogens (tertiary/aromatic N) is 1. The van der Waals surface area contributed by atoms with E-state index in [2.05, 4.69) is 56.3 Å². The first kappa shape index (κ1) is 15.7. The highest BCUT2D eigenvalue weighted by atomic mass is 79.9. The molecule has 0 aliphatic rings. The molecule has 2 heterocycles. The van der Waals surface area contributed by atoms with Crippen molar-refractivity contribution >= 4 is 32.7 Å². The summed E-state index contributed by atoms with van der Waals surface area (Å²) >= 11 is 3.32. The van der Waals surface area contributed by atoms with E-state index in [1.807, 2.05) is 6.20 Å². The average molecular weight is 372 g/mol. The monoisotopic (exact) mass is 371 g/mol. The van der Waals surface area contributed by atoms with E-state index in [0.717, 1.165) is 17.3 Å². The van der Waals surface area contributed by atoms with Crippen molar-refractivity contribution < 1.29 is 4.79 Å². The van der Waals surface area contributed by atoms with Gasteiger partial charge in [-0.2, -0.15) is 0 Å². The van der Waals surface area contributed by atoms with Crippen LogP contribution in [0.2, 0.25) is 0 Å². The Labute approximate surface area is 143 Å². The first-order valence-electron chi connectivity index (χ1n) is 7.65. The van der Waals surface area contributed by atoms with Crippen LogP contribution in [0.3, 0.4) is 0 Å². The number of para-hydroxylation sites is 1. The second-order valence-corrected chi connectivity index (χ2v) is 6.32. The maximum Gasteiger partial charge on any atom is 0.252 e. The summed E-state index contributed by atoms with van der Waals surface area (Å²) in [6.07, 6.45) is 7.06. The number of carbonyl (C=O) groups excluding carboxylic acids is 1. The summed E-state index contributed by atoms with van der Waals surface area (Å²) in [6.45, 7) is 2.75. The molecule has 5 heteroatoms. The van der Waals surface area contributed by atoms with E-state index >= 15 is 0 Å². The van der Waals surface area contributed by atoms with Crippen LogP contribution in [0.4, 0.5) is 0 Å². The van der Waals surface area contributed by atoms with Crippen LogP contribution < -0.4 is 5.32 Å². The molecule has 2 aromatic heterocycles. The van der Waals surface area contributed by atoms with E-state index in [-0.39, 0.29) is 5.91 Å². The molecule has 0 aliphatic carbocycles. The number of H-pyrrole nitrogens is 1. The summed E-state index contributed by atoms with van der Waals surface area (Å²) in [5, 5.41) is 4.18. The topological polar surface area (TPSA) is 57.8 Å². The molecule has 0 unspecified atom stereocenters. The Morgan fingerprint density at radius 3 is 2.96 bits per heavy atom. The van der Waals surface area contributed by atoms with Gasteiger partial charge in [-0.15, -0.1) is 0 Å². The van der Waals surface area contributed by atoms with E-state index in [4.69, 9.17) is 0 Å². The summed E-state index contributed by atoms with van der Waals surface area (Å²) in [7, 11) is 0. The quantitative estimate of drug-likeness (QED) is 0.715. The van der Waals surface area contributed by atoms with Gasteiger partial charge < -0.3 is 10.3 Å². The number of benzene rings is 1. The molecule has 23 heavy (non-hydrogen) atoms. The van der Waals surface area contributed by atoms with Crippen molar-refractivity contribution in [1.29, 1.82) is 0 Å². The number of halogens is 1. The van der Waals surface area contributed by atoms with Gasteiger partial charge in [0.05, 0.1) is 5.56 Å². The third-order valence-corrected chi connectivity index (χ3v) is 4.35. The molecule has 0 atom stereocenters. The molecule has 0 spiro atoms. The van der Waals surface area contributed by atoms with Gasteiger partial charge in [0, 0.05) is 40.5 Å². The molecule has 1 amide bonds. The molecule has 2 N–H and O–H groups in total. The fraction of sp³-hybridized carbons (Fsp3) is 0.222. The van der Waals surface area contributed by atoms with Crippen LogP contribution in [0, 0.1) is 0 Å². The van der Waals surface area contributed by atoms with Crippen LogP contribution in [0.25, 0.3) is 10.9 Å². The Kier molecular flexibility index (Phi) is 4.76. The van der Waals surface area contributed by atoms with Crippen molar-refractivity contribution in [1.82, 2.24) is 15.3 Å². The number of aromatic nitrogens is 2. The summed E-state index contributed by atoms with van der Waals surface area (Å²) < 4.78 is 0.800. The number of nitrogens with one attached hydrogen (secondary N) is 2. The highest BCUT2D eigenvalue weighted by molar-refractivity contribution is 9.10. The molecular weight excluding hydrogens is 354 g/mol. The molecule has 4 nitrogen and oxygen atoms in total. The molecule has 0 aliphatic heterocycles. The molecule has 0 fully saturated rings. The minimum Gasteiger partial charge on any atom is -0.361 e. The molecule has 0 saturated carbocycles. The smallest absolute Gasteiger partial charge is 0.252 e. The zero-order valence-electron chi connectivity index (χ0n) is 12.9. The minimum absolute atomic E-state index is 0.104. The summed E-state index contributed by atoms with van der Waals surface area (Å²) in [4.78, 5) is 19.5. The van der Waals surface area contributed by atoms with Crippen molar-refractivity contribution in [2.24, 2.45) is 0 Å². The fourth-order valence-electron chi connectivity index (χ4n) is 2.73. The predicted octanol–water partition coefficient (Wildman–Crippen LogP) is 3.86. The Morgan fingerprint density at radius 1 is 1.30 bits per heavy atom. The van der Waals surface area contributed by atoms with E-state index in [0.29, 0.717) is 12.1 Å². The standard InChI is InChI=1S/C18H18BrN3O/c1-2-12-4-3-5-16-13(10-22-17(12)16)6-7-21-18(23)14-8-15(19)11-20-9-14/h3-5,8-11,22H,2,6-7H2,1H3,(H,21,23). The van der Waals surface area contributed by atoms with E-state index in [1.54, 1.807) is 18.5 Å². The maximum atomic E-state index is 12.1.